The van der Waals surface area contributed by atoms with Crippen LogP contribution in [0.1, 0.15) is 0 Å². The molecule has 0 aliphatic rings. The second-order valence-corrected chi connectivity index (χ2v) is 1.49. The number of aliphatic carboxylic acids is 1. The molecule has 0 fully saturated rings. The Hall–Kier alpha value is 1.62. The Bertz CT molecular complexity index is 86.1. The number of nitrogens with two attached hydrogens (primary N) is 1. The van der Waals surface area contributed by atoms with Crippen LogP contribution in [0.15, 0.2) is 0 Å². The van der Waals surface area contributed by atoms with Crippen LogP contribution >= 0.6 is 12.6 Å². The molecular weight excluding hydrogens is 236 g/mol. The molecule has 0 bridgehead atoms. The van der Waals surface area contributed by atoms with Gasteiger partial charge in [-0.2, -0.15) is 12.6 Å². The van der Waals surface area contributed by atoms with Crippen molar-refractivity contribution >= 4 is 56.3 Å². The summed E-state index contributed by atoms with van der Waals surface area (Å²) in [5, 5.41) is 8.01. The van der Waals surface area contributed by atoms with Gasteiger partial charge in [-0.15, -0.1) is 0 Å². The fourth-order valence-electron chi connectivity index (χ4n) is 0.0781. The van der Waals surface area contributed by atoms with E-state index < -0.39 is 12.0 Å². The fourth-order valence-corrected chi connectivity index (χ4v) is 0.234. The second-order valence-electron chi connectivity index (χ2n) is 1.13. The summed E-state index contributed by atoms with van der Waals surface area (Å²) in [4.78, 5) is 9.76. The summed E-state index contributed by atoms with van der Waals surface area (Å²) in [5.74, 6) is -0.815. The molecule has 0 rings (SSSR count). The molecule has 5 N–H and O–H groups in total. The molecule has 0 spiro atoms. The average Bonchev–Trinajstić information content (AvgIpc) is 1.65. The molecule has 0 saturated heterocycles. The topological polar surface area (TPSA) is 94.8 Å². The molecule has 56 valence electrons. The third-order valence-corrected chi connectivity index (χ3v) is 0.907. The average molecular weight is 247 g/mol. The minimum Gasteiger partial charge on any atom is 0 e. The van der Waals surface area contributed by atoms with Gasteiger partial charge in [0, 0.05) is 25.2 Å². The van der Waals surface area contributed by atoms with E-state index in [9.17, 15) is 4.79 Å². The van der Waals surface area contributed by atoms with E-state index >= 15 is 0 Å². The third kappa shape index (κ3) is 12.3. The molecule has 7 heteroatoms. The number of carboxylic acids is 1. The summed E-state index contributed by atoms with van der Waals surface area (Å²) in [6, 6.07) is -0.816. The van der Waals surface area contributed by atoms with Crippen molar-refractivity contribution in [2.75, 3.05) is 5.75 Å². The molecule has 0 aromatic rings. The van der Waals surface area contributed by atoms with Crippen LogP contribution in [0.3, 0.4) is 0 Å². The smallest absolute Gasteiger partial charge is 0 e. The monoisotopic (exact) mass is 245 g/mol. The van der Waals surface area contributed by atoms with E-state index in [0.29, 0.717) is 0 Å². The van der Waals surface area contributed by atoms with Crippen molar-refractivity contribution < 1.29 is 34.9 Å². The Kier molecular flexibility index (Phi) is 29.9. The number of hydrogen-bond donors (Lipinski definition) is 3. The maximum Gasteiger partial charge on any atom is 0 e. The van der Waals surface area contributed by atoms with E-state index in [1.807, 2.05) is 0 Å². The van der Waals surface area contributed by atoms with E-state index in [0.717, 1.165) is 0 Å². The molecule has 0 aliphatic carbocycles. The quantitative estimate of drug-likeness (QED) is 0.374. The van der Waals surface area contributed by atoms with Crippen LogP contribution in [-0.2, 0) is 24.3 Å². The van der Waals surface area contributed by atoms with Gasteiger partial charge in [-0.1, -0.05) is 0 Å². The summed E-state index contributed by atoms with van der Waals surface area (Å²) < 4.78 is 0. The fraction of sp³-hybridized carbons (Fsp3) is 0.667. The minimum atomic E-state index is -1.00. The maximum atomic E-state index is 9.76. The first-order valence-corrected chi connectivity index (χ1v) is 2.41. The van der Waals surface area contributed by atoms with E-state index in [4.69, 9.17) is 10.8 Å². The number of thiol groups is 1. The molecular formula is C3H11CaNO3SZn. The zero-order chi connectivity index (χ0) is 5.86. The summed E-state index contributed by atoms with van der Waals surface area (Å²) in [7, 11) is 0. The van der Waals surface area contributed by atoms with Crippen molar-refractivity contribution in [2.24, 2.45) is 5.73 Å². The first-order chi connectivity index (χ1) is 3.18. The summed E-state index contributed by atoms with van der Waals surface area (Å²) in [6.07, 6.45) is 0. The molecule has 0 saturated carbocycles. The van der Waals surface area contributed by atoms with Crippen molar-refractivity contribution in [3.05, 3.63) is 0 Å². The van der Waals surface area contributed by atoms with Crippen LogP contribution in [0, 0.1) is 0 Å². The second kappa shape index (κ2) is 13.2. The molecule has 0 heterocycles. The van der Waals surface area contributed by atoms with Gasteiger partial charge in [0.2, 0.25) is 0 Å². The summed E-state index contributed by atoms with van der Waals surface area (Å²) >= 11 is 3.65. The van der Waals surface area contributed by atoms with Crippen LogP contribution in [-0.4, -0.2) is 66.1 Å². The van der Waals surface area contributed by atoms with Crippen LogP contribution in [0.25, 0.3) is 0 Å². The van der Waals surface area contributed by atoms with E-state index in [1.165, 1.54) is 0 Å². The number of rotatable bonds is 2. The first kappa shape index (κ1) is 22.6. The van der Waals surface area contributed by atoms with Crippen LogP contribution < -0.4 is 5.73 Å². The molecule has 1 atom stereocenters. The largest absolute Gasteiger partial charge is 0 e. The molecule has 0 amide bonds. The maximum absolute atomic E-state index is 9.76. The van der Waals surface area contributed by atoms with Gasteiger partial charge in [-0.25, -0.2) is 0 Å². The van der Waals surface area contributed by atoms with Gasteiger partial charge in [-0.3, -0.25) is 4.79 Å². The molecule has 0 aromatic heterocycles. The van der Waals surface area contributed by atoms with E-state index in [2.05, 4.69) is 12.6 Å². The summed E-state index contributed by atoms with van der Waals surface area (Å²) in [5.41, 5.74) is 4.94. The standard InChI is InChI=1S/C3H7NO2S.Ca.H2O.Zn.2H/c4-2(1-7)3(5)6;;;;;/h2,7H,1,4H2,(H,5,6);;1H2;;;/t2-;;;;;/m0...../s1. The Morgan fingerprint density at radius 2 is 2.00 bits per heavy atom. The molecule has 0 radical (unpaired) electrons. The van der Waals surface area contributed by atoms with Gasteiger partial charge < -0.3 is 16.3 Å². The predicted molar refractivity (Wildman–Crippen MR) is 41.6 cm³/mol. The van der Waals surface area contributed by atoms with Crippen molar-refractivity contribution in [2.45, 2.75) is 6.04 Å². The predicted octanol–water partition coefficient (Wildman–Crippen LogP) is -2.42. The molecule has 0 aromatic carbocycles. The Balaban J connectivity index is -0.0000000600. The zero-order valence-corrected chi connectivity index (χ0v) is 8.73. The Morgan fingerprint density at radius 1 is 1.70 bits per heavy atom. The number of carbonyl (C=O) groups is 1. The molecule has 0 unspecified atom stereocenters. The SMILES string of the molecule is N[C@@H](CS)C(=O)O.O.[CaH2].[Zn]. The van der Waals surface area contributed by atoms with Gasteiger partial charge in [0.15, 0.2) is 0 Å². The normalized spacial score (nSPS) is 9.40. The van der Waals surface area contributed by atoms with Gasteiger partial charge in [-0.05, 0) is 0 Å². The van der Waals surface area contributed by atoms with Gasteiger partial charge >= 0.3 is 43.7 Å². The van der Waals surface area contributed by atoms with Gasteiger partial charge in [0.1, 0.15) is 6.04 Å². The third-order valence-electron chi connectivity index (χ3n) is 0.514. The van der Waals surface area contributed by atoms with Crippen LogP contribution in [0.2, 0.25) is 0 Å². The van der Waals surface area contributed by atoms with E-state index in [-0.39, 0.29) is 68.4 Å². The zero-order valence-electron chi connectivity index (χ0n) is 4.87. The molecule has 10 heavy (non-hydrogen) atoms. The first-order valence-electron chi connectivity index (χ1n) is 1.77. The van der Waals surface area contributed by atoms with Gasteiger partial charge in [0.25, 0.3) is 0 Å². The summed E-state index contributed by atoms with van der Waals surface area (Å²) in [6.45, 7) is 0. The van der Waals surface area contributed by atoms with Crippen molar-refractivity contribution in [1.82, 2.24) is 0 Å². The van der Waals surface area contributed by atoms with Gasteiger partial charge in [0.05, 0.1) is 0 Å². The number of carboxylic acid groups (broad SMARTS) is 1. The minimum absolute atomic E-state index is 0. The van der Waals surface area contributed by atoms with Crippen molar-refractivity contribution in [3.63, 3.8) is 0 Å². The Morgan fingerprint density at radius 3 is 2.00 bits per heavy atom. The van der Waals surface area contributed by atoms with Crippen LogP contribution in [0.5, 0.6) is 0 Å². The van der Waals surface area contributed by atoms with Crippen molar-refractivity contribution in [3.8, 4) is 0 Å². The molecule has 4 nitrogen and oxygen atoms in total. The Labute approximate surface area is 107 Å². The van der Waals surface area contributed by atoms with E-state index in [1.54, 1.807) is 0 Å². The van der Waals surface area contributed by atoms with Crippen LogP contribution in [0.4, 0.5) is 0 Å². The van der Waals surface area contributed by atoms with Crippen molar-refractivity contribution in [1.29, 1.82) is 0 Å². The molecule has 0 aliphatic heterocycles. The number of hydrogen-bond acceptors (Lipinski definition) is 3.